The predicted molar refractivity (Wildman–Crippen MR) is 73.2 cm³/mol. The van der Waals surface area contributed by atoms with Crippen molar-refractivity contribution in [1.82, 2.24) is 0 Å². The van der Waals surface area contributed by atoms with E-state index >= 15 is 0 Å². The van der Waals surface area contributed by atoms with Crippen LogP contribution in [0.4, 0.5) is 5.69 Å². The average molecular weight is 295 g/mol. The highest BCUT2D eigenvalue weighted by Crippen LogP contribution is 2.33. The topological polar surface area (TPSA) is 80.4 Å². The van der Waals surface area contributed by atoms with E-state index in [2.05, 4.69) is 0 Å². The molecule has 2 rings (SSSR count). The van der Waals surface area contributed by atoms with Gasteiger partial charge in [-0.15, -0.1) is 11.3 Å². The Kier molecular flexibility index (Phi) is 3.87. The van der Waals surface area contributed by atoms with Crippen LogP contribution >= 0.6 is 23.1 Å². The highest BCUT2D eigenvalue weighted by atomic mass is 32.2. The predicted octanol–water partition coefficient (Wildman–Crippen LogP) is 3.81. The molecule has 0 aliphatic rings. The number of nitro groups is 1. The standard InChI is InChI=1S/C12H9NO4S2/c1-7-2-8(13(16)17)4-9(3-7)19-10-5-11(12(14)15)18-6-10/h2-6H,1H3,(H,14,15). The van der Waals surface area contributed by atoms with Crippen LogP contribution in [0.25, 0.3) is 0 Å². The first kappa shape index (κ1) is 13.6. The number of carboxylic acids is 1. The van der Waals surface area contributed by atoms with Gasteiger partial charge in [0.2, 0.25) is 0 Å². The lowest BCUT2D eigenvalue weighted by atomic mass is 10.2. The SMILES string of the molecule is Cc1cc(Sc2csc(C(=O)O)c2)cc([N+](=O)[O-])c1. The van der Waals surface area contributed by atoms with Gasteiger partial charge in [0.15, 0.2) is 0 Å². The summed E-state index contributed by atoms with van der Waals surface area (Å²) in [6.45, 7) is 1.79. The highest BCUT2D eigenvalue weighted by molar-refractivity contribution is 7.99. The van der Waals surface area contributed by atoms with Crippen molar-refractivity contribution in [3.05, 3.63) is 50.2 Å². The first-order valence-corrected chi connectivity index (χ1v) is 6.91. The number of nitro benzene ring substituents is 1. The number of thiophene rings is 1. The normalized spacial score (nSPS) is 10.4. The summed E-state index contributed by atoms with van der Waals surface area (Å²) in [4.78, 5) is 22.9. The molecule has 0 radical (unpaired) electrons. The summed E-state index contributed by atoms with van der Waals surface area (Å²) in [5.74, 6) is -0.966. The van der Waals surface area contributed by atoms with E-state index in [4.69, 9.17) is 5.11 Å². The van der Waals surface area contributed by atoms with Crippen molar-refractivity contribution >= 4 is 34.8 Å². The maximum atomic E-state index is 10.8. The molecule has 0 aliphatic heterocycles. The third-order valence-corrected chi connectivity index (χ3v) is 4.28. The minimum atomic E-state index is -0.966. The zero-order chi connectivity index (χ0) is 14.0. The minimum absolute atomic E-state index is 0.0381. The summed E-state index contributed by atoms with van der Waals surface area (Å²) in [6.07, 6.45) is 0. The number of carbonyl (C=O) groups is 1. The zero-order valence-electron chi connectivity index (χ0n) is 9.82. The van der Waals surface area contributed by atoms with E-state index in [0.717, 1.165) is 26.7 Å². The molecule has 98 valence electrons. The summed E-state index contributed by atoms with van der Waals surface area (Å²) in [5.41, 5.74) is 0.835. The van der Waals surface area contributed by atoms with Gasteiger partial charge >= 0.3 is 5.97 Å². The molecule has 1 heterocycles. The van der Waals surface area contributed by atoms with E-state index in [1.165, 1.54) is 23.9 Å². The smallest absolute Gasteiger partial charge is 0.345 e. The van der Waals surface area contributed by atoms with Crippen LogP contribution in [0.5, 0.6) is 0 Å². The molecule has 19 heavy (non-hydrogen) atoms. The van der Waals surface area contributed by atoms with Gasteiger partial charge in [0.25, 0.3) is 5.69 Å². The number of rotatable bonds is 4. The van der Waals surface area contributed by atoms with E-state index in [1.807, 2.05) is 6.07 Å². The molecule has 1 aromatic carbocycles. The van der Waals surface area contributed by atoms with Crippen LogP contribution in [-0.4, -0.2) is 16.0 Å². The molecule has 2 aromatic rings. The zero-order valence-corrected chi connectivity index (χ0v) is 11.5. The van der Waals surface area contributed by atoms with Gasteiger partial charge in [0.05, 0.1) is 4.92 Å². The Labute approximate surface area is 117 Å². The van der Waals surface area contributed by atoms with Gasteiger partial charge in [0.1, 0.15) is 4.88 Å². The Morgan fingerprint density at radius 1 is 1.32 bits per heavy atom. The van der Waals surface area contributed by atoms with E-state index in [-0.39, 0.29) is 10.6 Å². The van der Waals surface area contributed by atoms with Gasteiger partial charge in [-0.05, 0) is 24.6 Å². The molecule has 0 aliphatic carbocycles. The summed E-state index contributed by atoms with van der Waals surface area (Å²) in [6, 6.07) is 6.37. The molecule has 0 unspecified atom stereocenters. The molecule has 0 amide bonds. The molecule has 0 spiro atoms. The fourth-order valence-corrected chi connectivity index (χ4v) is 3.41. The maximum Gasteiger partial charge on any atom is 0.345 e. The number of aryl methyl sites for hydroxylation is 1. The van der Waals surface area contributed by atoms with Gasteiger partial charge < -0.3 is 5.11 Å². The second kappa shape index (κ2) is 5.41. The van der Waals surface area contributed by atoms with Crippen molar-refractivity contribution in [2.24, 2.45) is 0 Å². The molecule has 0 bridgehead atoms. The van der Waals surface area contributed by atoms with Gasteiger partial charge in [-0.1, -0.05) is 11.8 Å². The van der Waals surface area contributed by atoms with Gasteiger partial charge in [-0.3, -0.25) is 10.1 Å². The molecule has 0 atom stereocenters. The average Bonchev–Trinajstić information content (AvgIpc) is 2.76. The van der Waals surface area contributed by atoms with Gasteiger partial charge in [-0.2, -0.15) is 0 Å². The Morgan fingerprint density at radius 2 is 2.05 bits per heavy atom. The quantitative estimate of drug-likeness (QED) is 0.685. The monoisotopic (exact) mass is 295 g/mol. The van der Waals surface area contributed by atoms with E-state index in [9.17, 15) is 14.9 Å². The summed E-state index contributed by atoms with van der Waals surface area (Å²) < 4.78 is 0. The lowest BCUT2D eigenvalue weighted by Gasteiger charge is -2.01. The summed E-state index contributed by atoms with van der Waals surface area (Å²) in [7, 11) is 0. The molecule has 7 heteroatoms. The van der Waals surface area contributed by atoms with Crippen LogP contribution in [0.2, 0.25) is 0 Å². The van der Waals surface area contributed by atoms with Crippen molar-refractivity contribution in [1.29, 1.82) is 0 Å². The first-order chi connectivity index (χ1) is 8.95. The number of hydrogen-bond acceptors (Lipinski definition) is 5. The largest absolute Gasteiger partial charge is 0.477 e. The van der Waals surface area contributed by atoms with Crippen LogP contribution in [-0.2, 0) is 0 Å². The number of carboxylic acid groups (broad SMARTS) is 1. The van der Waals surface area contributed by atoms with Crippen molar-refractivity contribution in [3.63, 3.8) is 0 Å². The number of nitrogens with zero attached hydrogens (tertiary/aromatic N) is 1. The second-order valence-corrected chi connectivity index (χ2v) is 5.87. The third kappa shape index (κ3) is 3.33. The van der Waals surface area contributed by atoms with Gasteiger partial charge in [0, 0.05) is 27.3 Å². The molecule has 0 saturated heterocycles. The Morgan fingerprint density at radius 3 is 2.63 bits per heavy atom. The summed E-state index contributed by atoms with van der Waals surface area (Å²) in [5, 5.41) is 21.3. The minimum Gasteiger partial charge on any atom is -0.477 e. The van der Waals surface area contributed by atoms with Crippen LogP contribution in [0.1, 0.15) is 15.2 Å². The van der Waals surface area contributed by atoms with Crippen LogP contribution in [0.15, 0.2) is 39.4 Å². The molecule has 5 nitrogen and oxygen atoms in total. The lowest BCUT2D eigenvalue weighted by Crippen LogP contribution is -1.90. The molecular weight excluding hydrogens is 286 g/mol. The molecular formula is C12H9NO4S2. The molecule has 1 aromatic heterocycles. The molecule has 0 fully saturated rings. The number of hydrogen-bond donors (Lipinski definition) is 1. The van der Waals surface area contributed by atoms with Crippen LogP contribution < -0.4 is 0 Å². The highest BCUT2D eigenvalue weighted by Gasteiger charge is 2.11. The van der Waals surface area contributed by atoms with Crippen molar-refractivity contribution in [3.8, 4) is 0 Å². The van der Waals surface area contributed by atoms with Crippen LogP contribution in [0.3, 0.4) is 0 Å². The first-order valence-electron chi connectivity index (χ1n) is 5.21. The fourth-order valence-electron chi connectivity index (χ4n) is 1.51. The second-order valence-electron chi connectivity index (χ2n) is 3.82. The van der Waals surface area contributed by atoms with E-state index in [1.54, 1.807) is 18.4 Å². The number of non-ortho nitro benzene ring substituents is 1. The maximum absolute atomic E-state index is 10.8. The molecule has 1 N–H and O–H groups in total. The Bertz CT molecular complexity index is 651. The van der Waals surface area contributed by atoms with Gasteiger partial charge in [-0.25, -0.2) is 4.79 Å². The van der Waals surface area contributed by atoms with E-state index < -0.39 is 10.9 Å². The van der Waals surface area contributed by atoms with Crippen molar-refractivity contribution in [2.45, 2.75) is 16.7 Å². The fraction of sp³-hybridized carbons (Fsp3) is 0.0833. The van der Waals surface area contributed by atoms with E-state index in [0.29, 0.717) is 0 Å². The van der Waals surface area contributed by atoms with Crippen molar-refractivity contribution < 1.29 is 14.8 Å². The Hall–Kier alpha value is -1.86. The summed E-state index contributed by atoms with van der Waals surface area (Å²) >= 11 is 2.45. The number of aromatic carboxylic acids is 1. The third-order valence-electron chi connectivity index (χ3n) is 2.27. The van der Waals surface area contributed by atoms with Crippen molar-refractivity contribution in [2.75, 3.05) is 0 Å². The number of benzene rings is 1. The lowest BCUT2D eigenvalue weighted by molar-refractivity contribution is -0.385. The van der Waals surface area contributed by atoms with Crippen LogP contribution in [0, 0.1) is 17.0 Å². The molecule has 0 saturated carbocycles. The Balaban J connectivity index is 2.27.